The molecule has 6 heteroatoms. The molecule has 0 radical (unpaired) electrons. The van der Waals surface area contributed by atoms with Crippen LogP contribution in [0.4, 0.5) is 5.13 Å². The van der Waals surface area contributed by atoms with Crippen molar-refractivity contribution >= 4 is 39.7 Å². The molecule has 0 amide bonds. The SMILES string of the molecule is CC1(C)CN(c2nc(Cl)c(CCl)s2)CC(C)(C)O1. The molecule has 1 aliphatic heterocycles. The molecule has 18 heavy (non-hydrogen) atoms. The van der Waals surface area contributed by atoms with Gasteiger partial charge in [-0.3, -0.25) is 0 Å². The Morgan fingerprint density at radius 3 is 2.28 bits per heavy atom. The van der Waals surface area contributed by atoms with Crippen molar-refractivity contribution in [1.29, 1.82) is 0 Å². The van der Waals surface area contributed by atoms with Gasteiger partial charge >= 0.3 is 0 Å². The minimum absolute atomic E-state index is 0.193. The van der Waals surface area contributed by atoms with Gasteiger partial charge in [-0.25, -0.2) is 4.98 Å². The fraction of sp³-hybridized carbons (Fsp3) is 0.750. The van der Waals surface area contributed by atoms with E-state index in [1.807, 2.05) is 0 Å². The van der Waals surface area contributed by atoms with Gasteiger partial charge in [-0.15, -0.1) is 11.6 Å². The van der Waals surface area contributed by atoms with Gasteiger partial charge in [0.25, 0.3) is 0 Å². The molecule has 2 heterocycles. The number of hydrogen-bond donors (Lipinski definition) is 0. The molecule has 2 rings (SSSR count). The quantitative estimate of drug-likeness (QED) is 0.774. The average Bonchev–Trinajstić information content (AvgIpc) is 2.55. The fourth-order valence-electron chi connectivity index (χ4n) is 2.46. The number of alkyl halides is 1. The third-order valence-corrected chi connectivity index (χ3v) is 4.69. The van der Waals surface area contributed by atoms with Gasteiger partial charge in [0, 0.05) is 13.1 Å². The van der Waals surface area contributed by atoms with Crippen molar-refractivity contribution in [2.24, 2.45) is 0 Å². The molecule has 0 aromatic carbocycles. The van der Waals surface area contributed by atoms with Crippen molar-refractivity contribution in [3.8, 4) is 0 Å². The number of nitrogens with zero attached hydrogens (tertiary/aromatic N) is 2. The van der Waals surface area contributed by atoms with Crippen LogP contribution in [-0.2, 0) is 10.6 Å². The highest BCUT2D eigenvalue weighted by Gasteiger charge is 2.39. The van der Waals surface area contributed by atoms with Gasteiger partial charge in [0.2, 0.25) is 0 Å². The largest absolute Gasteiger partial charge is 0.366 e. The summed E-state index contributed by atoms with van der Waals surface area (Å²) < 4.78 is 6.05. The van der Waals surface area contributed by atoms with E-state index in [9.17, 15) is 0 Å². The van der Waals surface area contributed by atoms with E-state index in [0.29, 0.717) is 11.0 Å². The Balaban J connectivity index is 2.26. The zero-order chi connectivity index (χ0) is 13.6. The number of morpholine rings is 1. The molecule has 1 aromatic rings. The molecule has 0 N–H and O–H groups in total. The minimum atomic E-state index is -0.193. The summed E-state index contributed by atoms with van der Waals surface area (Å²) in [5, 5.41) is 1.45. The predicted octanol–water partition coefficient (Wildman–Crippen LogP) is 3.93. The normalized spacial score (nSPS) is 22.2. The summed E-state index contributed by atoms with van der Waals surface area (Å²) in [5.41, 5.74) is -0.387. The van der Waals surface area contributed by atoms with Crippen LogP contribution in [0.5, 0.6) is 0 Å². The summed E-state index contributed by atoms with van der Waals surface area (Å²) in [6, 6.07) is 0. The Kier molecular flexibility index (Phi) is 3.85. The van der Waals surface area contributed by atoms with Crippen LogP contribution < -0.4 is 4.90 Å². The maximum absolute atomic E-state index is 6.06. The standard InChI is InChI=1S/C12H18Cl2N2OS/c1-11(2)6-16(7-12(3,4)17-11)10-15-9(14)8(5-13)18-10/h5-7H2,1-4H3. The summed E-state index contributed by atoms with van der Waals surface area (Å²) in [6.07, 6.45) is 0. The van der Waals surface area contributed by atoms with E-state index >= 15 is 0 Å². The lowest BCUT2D eigenvalue weighted by Crippen LogP contribution is -2.57. The third-order valence-electron chi connectivity index (χ3n) is 2.73. The number of thiazole rings is 1. The Morgan fingerprint density at radius 1 is 1.28 bits per heavy atom. The number of aromatic nitrogens is 1. The Bertz CT molecular complexity index is 429. The molecule has 1 aliphatic rings. The summed E-state index contributed by atoms with van der Waals surface area (Å²) in [7, 11) is 0. The molecule has 1 saturated heterocycles. The van der Waals surface area contributed by atoms with Gasteiger partial charge in [-0.05, 0) is 27.7 Å². The fourth-order valence-corrected chi connectivity index (χ4v) is 3.93. The second-order valence-corrected chi connectivity index (χ2v) is 7.51. The number of anilines is 1. The Labute approximate surface area is 122 Å². The number of rotatable bonds is 2. The molecule has 0 spiro atoms. The van der Waals surface area contributed by atoms with Gasteiger partial charge in [-0.1, -0.05) is 22.9 Å². The maximum atomic E-state index is 6.06. The summed E-state index contributed by atoms with van der Waals surface area (Å²) >= 11 is 13.5. The molecule has 0 bridgehead atoms. The van der Waals surface area contributed by atoms with Crippen molar-refractivity contribution in [2.45, 2.75) is 44.8 Å². The highest BCUT2D eigenvalue weighted by atomic mass is 35.5. The maximum Gasteiger partial charge on any atom is 0.187 e. The monoisotopic (exact) mass is 308 g/mol. The van der Waals surface area contributed by atoms with Crippen LogP contribution in [0.2, 0.25) is 5.15 Å². The number of halogens is 2. The number of hydrogen-bond acceptors (Lipinski definition) is 4. The molecule has 3 nitrogen and oxygen atoms in total. The minimum Gasteiger partial charge on any atom is -0.366 e. The first kappa shape index (κ1) is 14.4. The van der Waals surface area contributed by atoms with Crippen LogP contribution in [0.1, 0.15) is 32.6 Å². The first-order valence-electron chi connectivity index (χ1n) is 5.89. The molecule has 102 valence electrons. The number of ether oxygens (including phenoxy) is 1. The lowest BCUT2D eigenvalue weighted by atomic mass is 9.99. The highest BCUT2D eigenvalue weighted by molar-refractivity contribution is 7.16. The molecule has 1 aromatic heterocycles. The van der Waals surface area contributed by atoms with Crippen molar-refractivity contribution in [2.75, 3.05) is 18.0 Å². The zero-order valence-electron chi connectivity index (χ0n) is 11.1. The van der Waals surface area contributed by atoms with E-state index in [-0.39, 0.29) is 11.2 Å². The van der Waals surface area contributed by atoms with Crippen LogP contribution in [0, 0.1) is 0 Å². The predicted molar refractivity (Wildman–Crippen MR) is 78.1 cm³/mol. The van der Waals surface area contributed by atoms with Crippen LogP contribution in [0.3, 0.4) is 0 Å². The molecular formula is C12H18Cl2N2OS. The van der Waals surface area contributed by atoms with E-state index in [2.05, 4.69) is 37.6 Å². The highest BCUT2D eigenvalue weighted by Crippen LogP contribution is 2.36. The van der Waals surface area contributed by atoms with Crippen molar-refractivity contribution in [3.05, 3.63) is 10.0 Å². The Hall–Kier alpha value is -0.0300. The average molecular weight is 309 g/mol. The van der Waals surface area contributed by atoms with Gasteiger partial charge in [0.05, 0.1) is 22.0 Å². The van der Waals surface area contributed by atoms with E-state index in [4.69, 9.17) is 27.9 Å². The van der Waals surface area contributed by atoms with E-state index < -0.39 is 0 Å². The first-order chi connectivity index (χ1) is 8.22. The molecule has 0 atom stereocenters. The van der Waals surface area contributed by atoms with Crippen molar-refractivity contribution < 1.29 is 4.74 Å². The van der Waals surface area contributed by atoms with Crippen molar-refractivity contribution in [3.63, 3.8) is 0 Å². The summed E-state index contributed by atoms with van der Waals surface area (Å²) in [5.74, 6) is 0.410. The molecule has 1 fully saturated rings. The third kappa shape index (κ3) is 3.10. The zero-order valence-corrected chi connectivity index (χ0v) is 13.4. The second-order valence-electron chi connectivity index (χ2n) is 5.82. The van der Waals surface area contributed by atoms with Crippen LogP contribution in [0.25, 0.3) is 0 Å². The molecular weight excluding hydrogens is 291 g/mol. The van der Waals surface area contributed by atoms with Gasteiger partial charge in [-0.2, -0.15) is 0 Å². The molecule has 0 unspecified atom stereocenters. The first-order valence-corrected chi connectivity index (χ1v) is 7.62. The van der Waals surface area contributed by atoms with Gasteiger partial charge in [0.1, 0.15) is 5.15 Å². The second kappa shape index (κ2) is 4.82. The molecule has 0 saturated carbocycles. The van der Waals surface area contributed by atoms with Gasteiger partial charge < -0.3 is 9.64 Å². The van der Waals surface area contributed by atoms with Crippen molar-refractivity contribution in [1.82, 2.24) is 4.98 Å². The Morgan fingerprint density at radius 2 is 1.83 bits per heavy atom. The molecule has 0 aliphatic carbocycles. The van der Waals surface area contributed by atoms with Gasteiger partial charge in [0.15, 0.2) is 5.13 Å². The topological polar surface area (TPSA) is 25.4 Å². The summed E-state index contributed by atoms with van der Waals surface area (Å²) in [4.78, 5) is 7.56. The van der Waals surface area contributed by atoms with E-state index in [0.717, 1.165) is 23.1 Å². The lowest BCUT2D eigenvalue weighted by molar-refractivity contribution is -0.133. The van der Waals surface area contributed by atoms with Crippen LogP contribution in [0.15, 0.2) is 0 Å². The smallest absolute Gasteiger partial charge is 0.187 e. The van der Waals surface area contributed by atoms with E-state index in [1.165, 1.54) is 0 Å². The lowest BCUT2D eigenvalue weighted by Gasteiger charge is -2.47. The van der Waals surface area contributed by atoms with E-state index in [1.54, 1.807) is 11.3 Å². The van der Waals surface area contributed by atoms with Crippen LogP contribution in [-0.4, -0.2) is 29.3 Å². The van der Waals surface area contributed by atoms with Crippen LogP contribution >= 0.6 is 34.5 Å². The summed E-state index contributed by atoms with van der Waals surface area (Å²) in [6.45, 7) is 10.00.